The van der Waals surface area contributed by atoms with E-state index in [9.17, 15) is 0 Å². The highest BCUT2D eigenvalue weighted by atomic mass is 79.9. The van der Waals surface area contributed by atoms with E-state index in [1.54, 1.807) is 7.11 Å². The second kappa shape index (κ2) is 5.62. The van der Waals surface area contributed by atoms with E-state index >= 15 is 0 Å². The highest BCUT2D eigenvalue weighted by molar-refractivity contribution is 9.10. The summed E-state index contributed by atoms with van der Waals surface area (Å²) >= 11 is 6.73. The molecular formula is C9H11Br2NO. The molecule has 0 aliphatic heterocycles. The summed E-state index contributed by atoms with van der Waals surface area (Å²) in [4.78, 5) is 0. The van der Waals surface area contributed by atoms with E-state index in [2.05, 4.69) is 43.2 Å². The van der Waals surface area contributed by atoms with E-state index in [1.807, 2.05) is 12.1 Å². The van der Waals surface area contributed by atoms with E-state index in [4.69, 9.17) is 4.74 Å². The Balaban J connectivity index is 2.81. The maximum atomic E-state index is 5.22. The molecule has 0 fully saturated rings. The minimum atomic E-state index is 0.780. The average molecular weight is 309 g/mol. The predicted octanol–water partition coefficient (Wildman–Crippen LogP) is 2.90. The Labute approximate surface area is 94.9 Å². The van der Waals surface area contributed by atoms with Crippen LogP contribution in [0.5, 0.6) is 5.75 Å². The van der Waals surface area contributed by atoms with Gasteiger partial charge in [-0.05, 0) is 18.2 Å². The third-order valence-electron chi connectivity index (χ3n) is 1.65. The highest BCUT2D eigenvalue weighted by Gasteiger charge is 2.01. The molecular weight excluding hydrogens is 298 g/mol. The summed E-state index contributed by atoms with van der Waals surface area (Å²) in [5, 5.41) is 3.18. The largest absolute Gasteiger partial charge is 0.496 e. The predicted molar refractivity (Wildman–Crippen MR) is 61.3 cm³/mol. The molecule has 0 aliphatic carbocycles. The maximum Gasteiger partial charge on any atom is 0.123 e. The Hall–Kier alpha value is -0.0600. The van der Waals surface area contributed by atoms with Crippen LogP contribution in [0.4, 0.5) is 0 Å². The monoisotopic (exact) mass is 307 g/mol. The van der Waals surface area contributed by atoms with Crippen molar-refractivity contribution in [2.45, 2.75) is 6.54 Å². The van der Waals surface area contributed by atoms with Crippen molar-refractivity contribution in [2.75, 3.05) is 12.6 Å². The van der Waals surface area contributed by atoms with Crippen LogP contribution in [0.3, 0.4) is 0 Å². The van der Waals surface area contributed by atoms with E-state index in [0.717, 1.165) is 27.8 Å². The van der Waals surface area contributed by atoms with Crippen molar-refractivity contribution in [3.63, 3.8) is 0 Å². The van der Waals surface area contributed by atoms with Gasteiger partial charge in [0.15, 0.2) is 0 Å². The van der Waals surface area contributed by atoms with E-state index in [-0.39, 0.29) is 0 Å². The molecule has 0 saturated carbocycles. The smallest absolute Gasteiger partial charge is 0.123 e. The summed E-state index contributed by atoms with van der Waals surface area (Å²) in [5.74, 6) is 0.914. The number of methoxy groups -OCH3 is 1. The molecule has 13 heavy (non-hydrogen) atoms. The lowest BCUT2D eigenvalue weighted by Crippen LogP contribution is -2.10. The van der Waals surface area contributed by atoms with Crippen LogP contribution in [0.25, 0.3) is 0 Å². The molecule has 1 aromatic carbocycles. The van der Waals surface area contributed by atoms with Crippen LogP contribution in [0.2, 0.25) is 0 Å². The van der Waals surface area contributed by atoms with Crippen LogP contribution in [0.1, 0.15) is 5.56 Å². The molecule has 0 aliphatic rings. The van der Waals surface area contributed by atoms with Gasteiger partial charge in [-0.25, -0.2) is 0 Å². The van der Waals surface area contributed by atoms with Crippen molar-refractivity contribution in [1.29, 1.82) is 0 Å². The lowest BCUT2D eigenvalue weighted by molar-refractivity contribution is 0.408. The van der Waals surface area contributed by atoms with Gasteiger partial charge in [-0.3, -0.25) is 0 Å². The van der Waals surface area contributed by atoms with Crippen LogP contribution in [-0.2, 0) is 6.54 Å². The molecule has 0 radical (unpaired) electrons. The van der Waals surface area contributed by atoms with Gasteiger partial charge in [-0.2, -0.15) is 0 Å². The minimum absolute atomic E-state index is 0.780. The van der Waals surface area contributed by atoms with Crippen molar-refractivity contribution in [1.82, 2.24) is 5.32 Å². The van der Waals surface area contributed by atoms with Crippen molar-refractivity contribution in [3.8, 4) is 5.75 Å². The lowest BCUT2D eigenvalue weighted by atomic mass is 10.2. The Morgan fingerprint density at radius 3 is 2.85 bits per heavy atom. The first-order chi connectivity index (χ1) is 6.27. The fourth-order valence-electron chi connectivity index (χ4n) is 1.07. The average Bonchev–Trinajstić information content (AvgIpc) is 2.15. The molecule has 1 N–H and O–H groups in total. The van der Waals surface area contributed by atoms with Crippen molar-refractivity contribution >= 4 is 31.9 Å². The second-order valence-electron chi connectivity index (χ2n) is 2.52. The normalized spacial score (nSPS) is 10.1. The molecule has 2 nitrogen and oxygen atoms in total. The molecule has 0 spiro atoms. The van der Waals surface area contributed by atoms with Crippen LogP contribution in [0.15, 0.2) is 22.7 Å². The number of alkyl halides is 1. The molecule has 0 aromatic heterocycles. The van der Waals surface area contributed by atoms with Gasteiger partial charge < -0.3 is 10.1 Å². The topological polar surface area (TPSA) is 21.3 Å². The Morgan fingerprint density at radius 2 is 2.23 bits per heavy atom. The first kappa shape index (κ1) is 11.0. The summed E-state index contributed by atoms with van der Waals surface area (Å²) in [6.45, 7) is 0.799. The van der Waals surface area contributed by atoms with Gasteiger partial charge in [0.1, 0.15) is 5.75 Å². The zero-order chi connectivity index (χ0) is 9.68. The van der Waals surface area contributed by atoms with Crippen LogP contribution in [0, 0.1) is 0 Å². The Morgan fingerprint density at radius 1 is 1.46 bits per heavy atom. The number of nitrogens with one attached hydrogen (secondary N) is 1. The summed E-state index contributed by atoms with van der Waals surface area (Å²) in [6.07, 6.45) is 0. The third kappa shape index (κ3) is 3.29. The first-order valence-corrected chi connectivity index (χ1v) is 5.78. The second-order valence-corrected chi connectivity index (χ2v) is 3.99. The third-order valence-corrected chi connectivity index (χ3v) is 2.54. The summed E-state index contributed by atoms with van der Waals surface area (Å²) in [7, 11) is 1.68. The Bertz CT molecular complexity index is 278. The number of ether oxygens (including phenoxy) is 1. The molecule has 0 amide bonds. The van der Waals surface area contributed by atoms with Gasteiger partial charge in [0, 0.05) is 16.6 Å². The van der Waals surface area contributed by atoms with Gasteiger partial charge in [0.05, 0.1) is 12.6 Å². The van der Waals surface area contributed by atoms with Crippen LogP contribution >= 0.6 is 31.9 Å². The fourth-order valence-corrected chi connectivity index (χ4v) is 1.67. The number of halogens is 2. The van der Waals surface area contributed by atoms with E-state index < -0.39 is 0 Å². The number of rotatable bonds is 4. The van der Waals surface area contributed by atoms with Crippen molar-refractivity contribution < 1.29 is 4.74 Å². The van der Waals surface area contributed by atoms with Crippen molar-refractivity contribution in [2.24, 2.45) is 0 Å². The van der Waals surface area contributed by atoms with Gasteiger partial charge in [0.2, 0.25) is 0 Å². The molecule has 0 heterocycles. The zero-order valence-corrected chi connectivity index (χ0v) is 10.5. The molecule has 1 rings (SSSR count). The SMILES string of the molecule is COc1ccc(Br)cc1CNCBr. The van der Waals surface area contributed by atoms with Gasteiger partial charge in [0.25, 0.3) is 0 Å². The quantitative estimate of drug-likeness (QED) is 0.682. The lowest BCUT2D eigenvalue weighted by Gasteiger charge is -2.08. The van der Waals surface area contributed by atoms with Gasteiger partial charge in [-0.1, -0.05) is 31.9 Å². The molecule has 1 aromatic rings. The molecule has 0 atom stereocenters. The molecule has 4 heteroatoms. The van der Waals surface area contributed by atoms with Crippen molar-refractivity contribution in [3.05, 3.63) is 28.2 Å². The molecule has 0 unspecified atom stereocenters. The van der Waals surface area contributed by atoms with E-state index in [0.29, 0.717) is 0 Å². The number of hydrogen-bond acceptors (Lipinski definition) is 2. The molecule has 0 bridgehead atoms. The molecule has 0 saturated heterocycles. The highest BCUT2D eigenvalue weighted by Crippen LogP contribution is 2.22. The summed E-state index contributed by atoms with van der Waals surface area (Å²) < 4.78 is 6.29. The summed E-state index contributed by atoms with van der Waals surface area (Å²) in [5.41, 5.74) is 1.93. The Kier molecular flexibility index (Phi) is 4.77. The zero-order valence-electron chi connectivity index (χ0n) is 7.31. The molecule has 72 valence electrons. The number of benzene rings is 1. The number of hydrogen-bond donors (Lipinski definition) is 1. The maximum absolute atomic E-state index is 5.22. The standard InChI is InChI=1S/C9H11Br2NO/c1-13-9-3-2-8(11)4-7(9)5-12-6-10/h2-4,12H,5-6H2,1H3. The van der Waals surface area contributed by atoms with E-state index in [1.165, 1.54) is 0 Å². The van der Waals surface area contributed by atoms with Gasteiger partial charge >= 0.3 is 0 Å². The van der Waals surface area contributed by atoms with Crippen LogP contribution < -0.4 is 10.1 Å². The fraction of sp³-hybridized carbons (Fsp3) is 0.333. The van der Waals surface area contributed by atoms with Crippen LogP contribution in [-0.4, -0.2) is 12.6 Å². The first-order valence-electron chi connectivity index (χ1n) is 3.87. The minimum Gasteiger partial charge on any atom is -0.496 e. The summed E-state index contributed by atoms with van der Waals surface area (Å²) in [6, 6.07) is 5.97. The van der Waals surface area contributed by atoms with Gasteiger partial charge in [-0.15, -0.1) is 0 Å².